The monoisotopic (exact) mass is 389 g/mol. The van der Waals surface area contributed by atoms with Crippen molar-refractivity contribution in [3.8, 4) is 5.75 Å². The van der Waals surface area contributed by atoms with Crippen molar-refractivity contribution in [2.75, 3.05) is 33.9 Å². The van der Waals surface area contributed by atoms with E-state index in [1.807, 2.05) is 0 Å². The Morgan fingerprint density at radius 1 is 1.36 bits per heavy atom. The number of likely N-dealkylation sites (tertiary alicyclic amines) is 1. The van der Waals surface area contributed by atoms with E-state index in [1.165, 1.54) is 13.2 Å². The normalized spacial score (nSPS) is 19.7. The molecule has 150 valence electrons. The van der Waals surface area contributed by atoms with Gasteiger partial charge in [-0.3, -0.25) is 9.69 Å². The van der Waals surface area contributed by atoms with E-state index >= 15 is 0 Å². The third-order valence-corrected chi connectivity index (χ3v) is 5.41. The lowest BCUT2D eigenvalue weighted by Gasteiger charge is -2.25. The van der Waals surface area contributed by atoms with Gasteiger partial charge in [-0.2, -0.15) is 0 Å². The second kappa shape index (κ2) is 7.89. The molecule has 1 fully saturated rings. The molecule has 2 aliphatic rings. The van der Waals surface area contributed by atoms with E-state index in [4.69, 9.17) is 13.9 Å². The molecule has 1 aromatic heterocycles. The van der Waals surface area contributed by atoms with Gasteiger partial charge in [0.15, 0.2) is 0 Å². The Labute approximate surface area is 163 Å². The van der Waals surface area contributed by atoms with Crippen molar-refractivity contribution in [2.24, 2.45) is 0 Å². The molecule has 0 radical (unpaired) electrons. The quantitative estimate of drug-likeness (QED) is 0.781. The summed E-state index contributed by atoms with van der Waals surface area (Å²) in [4.78, 5) is 20.9. The first-order valence-electron chi connectivity index (χ1n) is 9.42. The summed E-state index contributed by atoms with van der Waals surface area (Å²) in [5, 5.41) is 0. The number of ether oxygens (including phenoxy) is 2. The van der Waals surface area contributed by atoms with E-state index in [9.17, 15) is 9.18 Å². The van der Waals surface area contributed by atoms with Crippen LogP contribution in [-0.2, 0) is 24.2 Å². The van der Waals surface area contributed by atoms with Gasteiger partial charge < -0.3 is 18.8 Å². The van der Waals surface area contributed by atoms with Gasteiger partial charge in [0, 0.05) is 57.9 Å². The molecule has 28 heavy (non-hydrogen) atoms. The number of hydrogen-bond acceptors (Lipinski definition) is 6. The SMILES string of the molecule is COc1ccc(CN2CCc3oc(C(=O)N4CCC(OC)C4)nc3C2)c(F)c1. The summed E-state index contributed by atoms with van der Waals surface area (Å²) >= 11 is 0. The van der Waals surface area contributed by atoms with Gasteiger partial charge in [0.1, 0.15) is 17.3 Å². The third kappa shape index (κ3) is 3.74. The van der Waals surface area contributed by atoms with Gasteiger partial charge in [-0.05, 0) is 12.5 Å². The fraction of sp³-hybridized carbons (Fsp3) is 0.500. The van der Waals surface area contributed by atoms with E-state index < -0.39 is 0 Å². The van der Waals surface area contributed by atoms with Crippen LogP contribution in [0.15, 0.2) is 22.6 Å². The molecular weight excluding hydrogens is 365 g/mol. The summed E-state index contributed by atoms with van der Waals surface area (Å²) in [6.07, 6.45) is 1.54. The zero-order valence-electron chi connectivity index (χ0n) is 16.1. The first-order chi connectivity index (χ1) is 13.6. The van der Waals surface area contributed by atoms with Crippen molar-refractivity contribution >= 4 is 5.91 Å². The average molecular weight is 389 g/mol. The molecule has 0 N–H and O–H groups in total. The lowest BCUT2D eigenvalue weighted by atomic mass is 10.1. The van der Waals surface area contributed by atoms with Crippen molar-refractivity contribution in [3.63, 3.8) is 0 Å². The highest BCUT2D eigenvalue weighted by Crippen LogP contribution is 2.25. The molecule has 0 spiro atoms. The molecular formula is C20H24FN3O4. The Kier molecular flexibility index (Phi) is 5.32. The van der Waals surface area contributed by atoms with E-state index in [1.54, 1.807) is 24.1 Å². The lowest BCUT2D eigenvalue weighted by Crippen LogP contribution is -2.30. The number of nitrogens with zero attached hydrogens (tertiary/aromatic N) is 3. The molecule has 1 aromatic carbocycles. The number of carbonyl (C=O) groups excluding carboxylic acids is 1. The highest BCUT2D eigenvalue weighted by molar-refractivity contribution is 5.90. The van der Waals surface area contributed by atoms with E-state index in [2.05, 4.69) is 9.88 Å². The molecule has 1 amide bonds. The Morgan fingerprint density at radius 2 is 2.21 bits per heavy atom. The first-order valence-corrected chi connectivity index (χ1v) is 9.42. The van der Waals surface area contributed by atoms with Gasteiger partial charge in [-0.15, -0.1) is 0 Å². The van der Waals surface area contributed by atoms with Crippen LogP contribution >= 0.6 is 0 Å². The van der Waals surface area contributed by atoms with Gasteiger partial charge >= 0.3 is 5.91 Å². The molecule has 2 aliphatic heterocycles. The highest BCUT2D eigenvalue weighted by atomic mass is 19.1. The lowest BCUT2D eigenvalue weighted by molar-refractivity contribution is 0.0687. The van der Waals surface area contributed by atoms with Gasteiger partial charge in [-0.25, -0.2) is 9.37 Å². The number of halogens is 1. The average Bonchev–Trinajstić information content (AvgIpc) is 3.35. The summed E-state index contributed by atoms with van der Waals surface area (Å²) < 4.78 is 30.3. The molecule has 1 atom stereocenters. The van der Waals surface area contributed by atoms with Crippen molar-refractivity contribution < 1.29 is 23.1 Å². The Balaban J connectivity index is 1.43. The zero-order chi connectivity index (χ0) is 19.7. The van der Waals surface area contributed by atoms with Gasteiger partial charge in [0.25, 0.3) is 5.89 Å². The Morgan fingerprint density at radius 3 is 2.93 bits per heavy atom. The summed E-state index contributed by atoms with van der Waals surface area (Å²) in [6.45, 7) is 2.92. The zero-order valence-corrected chi connectivity index (χ0v) is 16.1. The first kappa shape index (κ1) is 18.9. The summed E-state index contributed by atoms with van der Waals surface area (Å²) in [5.74, 6) is 0.903. The van der Waals surface area contributed by atoms with Crippen LogP contribution in [0, 0.1) is 5.82 Å². The number of hydrogen-bond donors (Lipinski definition) is 0. The predicted octanol–water partition coefficient (Wildman–Crippen LogP) is 2.24. The van der Waals surface area contributed by atoms with Crippen LogP contribution in [0.2, 0.25) is 0 Å². The Bertz CT molecular complexity index is 869. The number of benzene rings is 1. The number of fused-ring (bicyclic) bond motifs is 1. The maximum atomic E-state index is 14.2. The van der Waals surface area contributed by atoms with Crippen molar-refractivity contribution in [2.45, 2.75) is 32.0 Å². The van der Waals surface area contributed by atoms with Crippen LogP contribution < -0.4 is 4.74 Å². The minimum absolute atomic E-state index is 0.0726. The predicted molar refractivity (Wildman–Crippen MR) is 98.6 cm³/mol. The summed E-state index contributed by atoms with van der Waals surface area (Å²) in [6, 6.07) is 4.88. The van der Waals surface area contributed by atoms with Crippen molar-refractivity contribution in [1.82, 2.24) is 14.8 Å². The van der Waals surface area contributed by atoms with Crippen LogP contribution in [0.25, 0.3) is 0 Å². The number of amides is 1. The highest BCUT2D eigenvalue weighted by Gasteiger charge is 2.31. The van der Waals surface area contributed by atoms with Crippen LogP contribution in [0.1, 0.15) is 34.1 Å². The molecule has 0 bridgehead atoms. The fourth-order valence-electron chi connectivity index (χ4n) is 3.74. The molecule has 0 aliphatic carbocycles. The van der Waals surface area contributed by atoms with Crippen LogP contribution in [-0.4, -0.2) is 60.6 Å². The molecule has 8 heteroatoms. The molecule has 0 saturated carbocycles. The maximum absolute atomic E-state index is 14.2. The topological polar surface area (TPSA) is 68.0 Å². The number of oxazole rings is 1. The molecule has 2 aromatic rings. The molecule has 4 rings (SSSR count). The van der Waals surface area contributed by atoms with E-state index in [0.29, 0.717) is 43.9 Å². The van der Waals surface area contributed by atoms with Gasteiger partial charge in [-0.1, -0.05) is 6.07 Å². The summed E-state index contributed by atoms with van der Waals surface area (Å²) in [5.41, 5.74) is 1.36. The largest absolute Gasteiger partial charge is 0.497 e. The minimum Gasteiger partial charge on any atom is -0.497 e. The molecule has 3 heterocycles. The van der Waals surface area contributed by atoms with E-state index in [0.717, 1.165) is 24.4 Å². The second-order valence-corrected chi connectivity index (χ2v) is 7.20. The Hall–Kier alpha value is -2.45. The maximum Gasteiger partial charge on any atom is 0.309 e. The number of aromatic nitrogens is 1. The smallest absolute Gasteiger partial charge is 0.309 e. The summed E-state index contributed by atoms with van der Waals surface area (Å²) in [7, 11) is 3.17. The standard InChI is InChI=1S/C20H24FN3O4/c1-26-14-4-3-13(16(21)9-14)10-23-7-6-18-17(12-23)22-19(28-18)20(25)24-8-5-15(11-24)27-2/h3-4,9,15H,5-8,10-12H2,1-2H3. The van der Waals surface area contributed by atoms with E-state index in [-0.39, 0.29) is 23.7 Å². The number of carbonyl (C=O) groups is 1. The molecule has 1 saturated heterocycles. The number of methoxy groups -OCH3 is 2. The van der Waals surface area contributed by atoms with Crippen LogP contribution in [0.3, 0.4) is 0 Å². The van der Waals surface area contributed by atoms with Crippen molar-refractivity contribution in [1.29, 1.82) is 0 Å². The second-order valence-electron chi connectivity index (χ2n) is 7.20. The minimum atomic E-state index is -0.289. The van der Waals surface area contributed by atoms with Crippen molar-refractivity contribution in [3.05, 3.63) is 46.9 Å². The van der Waals surface area contributed by atoms with Gasteiger partial charge in [0.05, 0.1) is 18.9 Å². The third-order valence-electron chi connectivity index (χ3n) is 5.41. The van der Waals surface area contributed by atoms with Gasteiger partial charge in [0.2, 0.25) is 0 Å². The molecule has 1 unspecified atom stereocenters. The van der Waals surface area contributed by atoms with Crippen LogP contribution in [0.5, 0.6) is 5.75 Å². The molecule has 7 nitrogen and oxygen atoms in total. The van der Waals surface area contributed by atoms with Crippen LogP contribution in [0.4, 0.5) is 4.39 Å². The number of rotatable bonds is 5. The fourth-order valence-corrected chi connectivity index (χ4v) is 3.74.